The highest BCUT2D eigenvalue weighted by Gasteiger charge is 2.13. The van der Waals surface area contributed by atoms with E-state index >= 15 is 0 Å². The number of aliphatic hydroxyl groups is 1. The van der Waals surface area contributed by atoms with Crippen molar-refractivity contribution in [2.45, 2.75) is 12.5 Å². The average Bonchev–Trinajstić information content (AvgIpc) is 2.28. The summed E-state index contributed by atoms with van der Waals surface area (Å²) in [5, 5.41) is 9.66. The lowest BCUT2D eigenvalue weighted by atomic mass is 10.1. The van der Waals surface area contributed by atoms with Crippen LogP contribution in [0.3, 0.4) is 0 Å². The SMILES string of the molecule is COC(=O)CC(O)c1ccnc(OC)c1. The molecule has 0 aliphatic rings. The van der Waals surface area contributed by atoms with E-state index in [9.17, 15) is 9.90 Å². The molecule has 1 N–H and O–H groups in total. The van der Waals surface area contributed by atoms with Crippen molar-refractivity contribution in [3.05, 3.63) is 23.9 Å². The fourth-order valence-electron chi connectivity index (χ4n) is 1.10. The van der Waals surface area contributed by atoms with Crippen LogP contribution in [-0.4, -0.2) is 30.3 Å². The molecule has 15 heavy (non-hydrogen) atoms. The number of esters is 1. The first-order valence-corrected chi connectivity index (χ1v) is 4.42. The first-order valence-electron chi connectivity index (χ1n) is 4.42. The molecule has 0 bridgehead atoms. The molecule has 0 saturated carbocycles. The smallest absolute Gasteiger partial charge is 0.308 e. The first-order chi connectivity index (χ1) is 7.17. The van der Waals surface area contributed by atoms with Crippen molar-refractivity contribution in [3.8, 4) is 5.88 Å². The lowest BCUT2D eigenvalue weighted by Gasteiger charge is -2.09. The second-order valence-electron chi connectivity index (χ2n) is 2.93. The Morgan fingerprint density at radius 1 is 1.60 bits per heavy atom. The monoisotopic (exact) mass is 211 g/mol. The van der Waals surface area contributed by atoms with Crippen molar-refractivity contribution in [2.24, 2.45) is 0 Å². The van der Waals surface area contributed by atoms with Crippen LogP contribution in [-0.2, 0) is 9.53 Å². The second-order valence-corrected chi connectivity index (χ2v) is 2.93. The summed E-state index contributed by atoms with van der Waals surface area (Å²) in [6, 6.07) is 3.20. The van der Waals surface area contributed by atoms with Crippen molar-refractivity contribution in [1.29, 1.82) is 0 Å². The van der Waals surface area contributed by atoms with Crippen LogP contribution in [0.25, 0.3) is 0 Å². The summed E-state index contributed by atoms with van der Waals surface area (Å²) < 4.78 is 9.35. The molecule has 1 aromatic heterocycles. The zero-order chi connectivity index (χ0) is 11.3. The molecule has 5 nitrogen and oxygen atoms in total. The van der Waals surface area contributed by atoms with Crippen molar-refractivity contribution in [3.63, 3.8) is 0 Å². The number of ether oxygens (including phenoxy) is 2. The molecule has 82 valence electrons. The third kappa shape index (κ3) is 3.21. The Bertz CT molecular complexity index is 340. The van der Waals surface area contributed by atoms with Gasteiger partial charge in [0.25, 0.3) is 0 Å². The number of methoxy groups -OCH3 is 2. The van der Waals surface area contributed by atoms with Gasteiger partial charge in [0.1, 0.15) is 0 Å². The molecule has 0 amide bonds. The third-order valence-electron chi connectivity index (χ3n) is 1.94. The van der Waals surface area contributed by atoms with Crippen LogP contribution < -0.4 is 4.74 Å². The van der Waals surface area contributed by atoms with Crippen LogP contribution in [0.1, 0.15) is 18.1 Å². The van der Waals surface area contributed by atoms with E-state index < -0.39 is 12.1 Å². The van der Waals surface area contributed by atoms with Gasteiger partial charge in [0.15, 0.2) is 0 Å². The number of carbonyl (C=O) groups excluding carboxylic acids is 1. The Kier molecular flexibility index (Phi) is 4.05. The number of hydrogen-bond donors (Lipinski definition) is 1. The summed E-state index contributed by atoms with van der Waals surface area (Å²) in [7, 11) is 2.76. The summed E-state index contributed by atoms with van der Waals surface area (Å²) in [5.74, 6) is -0.0605. The standard InChI is InChI=1S/C10H13NO4/c1-14-9-5-7(3-4-11-9)8(12)6-10(13)15-2/h3-5,8,12H,6H2,1-2H3. The van der Waals surface area contributed by atoms with Crippen LogP contribution in [0.2, 0.25) is 0 Å². The van der Waals surface area contributed by atoms with Gasteiger partial charge in [0.2, 0.25) is 5.88 Å². The van der Waals surface area contributed by atoms with E-state index in [2.05, 4.69) is 9.72 Å². The van der Waals surface area contributed by atoms with Gasteiger partial charge in [-0.3, -0.25) is 4.79 Å². The maximum Gasteiger partial charge on any atom is 0.308 e. The van der Waals surface area contributed by atoms with Crippen molar-refractivity contribution < 1.29 is 19.4 Å². The van der Waals surface area contributed by atoms with Gasteiger partial charge in [-0.2, -0.15) is 0 Å². The Labute approximate surface area is 87.7 Å². The highest BCUT2D eigenvalue weighted by atomic mass is 16.5. The zero-order valence-electron chi connectivity index (χ0n) is 8.64. The molecule has 0 fully saturated rings. The molecule has 1 aromatic rings. The lowest BCUT2D eigenvalue weighted by Crippen LogP contribution is -2.08. The summed E-state index contributed by atoms with van der Waals surface area (Å²) >= 11 is 0. The highest BCUT2D eigenvalue weighted by molar-refractivity contribution is 5.70. The normalized spacial score (nSPS) is 11.9. The predicted octanol–water partition coefficient (Wildman–Crippen LogP) is 0.687. The molecular formula is C10H13NO4. The average molecular weight is 211 g/mol. The molecule has 1 rings (SSSR count). The van der Waals surface area contributed by atoms with Gasteiger partial charge < -0.3 is 14.6 Å². The number of pyridine rings is 1. The van der Waals surface area contributed by atoms with Gasteiger partial charge in [-0.15, -0.1) is 0 Å². The third-order valence-corrected chi connectivity index (χ3v) is 1.94. The molecule has 1 unspecified atom stereocenters. The van der Waals surface area contributed by atoms with E-state index in [4.69, 9.17) is 4.74 Å². The minimum atomic E-state index is -0.894. The van der Waals surface area contributed by atoms with Gasteiger partial charge in [-0.05, 0) is 11.6 Å². The minimum Gasteiger partial charge on any atom is -0.481 e. The maximum atomic E-state index is 10.9. The molecular weight excluding hydrogens is 198 g/mol. The van der Waals surface area contributed by atoms with Crippen LogP contribution in [0.5, 0.6) is 5.88 Å². The zero-order valence-corrected chi connectivity index (χ0v) is 8.64. The Morgan fingerprint density at radius 2 is 2.33 bits per heavy atom. The molecule has 0 radical (unpaired) electrons. The number of aromatic nitrogens is 1. The Hall–Kier alpha value is -1.62. The van der Waals surface area contributed by atoms with E-state index in [-0.39, 0.29) is 6.42 Å². The summed E-state index contributed by atoms with van der Waals surface area (Å²) in [5.41, 5.74) is 0.576. The second kappa shape index (κ2) is 5.31. The van der Waals surface area contributed by atoms with Crippen LogP contribution in [0, 0.1) is 0 Å². The van der Waals surface area contributed by atoms with E-state index in [1.54, 1.807) is 12.1 Å². The molecule has 0 saturated heterocycles. The topological polar surface area (TPSA) is 68.7 Å². The Morgan fingerprint density at radius 3 is 2.93 bits per heavy atom. The van der Waals surface area contributed by atoms with Gasteiger partial charge >= 0.3 is 5.97 Å². The maximum absolute atomic E-state index is 10.9. The summed E-state index contributed by atoms with van der Waals surface area (Å²) in [6.07, 6.45) is 0.535. The summed E-state index contributed by atoms with van der Waals surface area (Å²) in [6.45, 7) is 0. The highest BCUT2D eigenvalue weighted by Crippen LogP contribution is 2.19. The van der Waals surface area contributed by atoms with Gasteiger partial charge in [-0.1, -0.05) is 0 Å². The summed E-state index contributed by atoms with van der Waals surface area (Å²) in [4.78, 5) is 14.8. The van der Waals surface area contributed by atoms with Crippen molar-refractivity contribution in [2.75, 3.05) is 14.2 Å². The lowest BCUT2D eigenvalue weighted by molar-refractivity contribution is -0.142. The molecule has 1 heterocycles. The number of rotatable bonds is 4. The van der Waals surface area contributed by atoms with E-state index in [1.165, 1.54) is 20.4 Å². The number of nitrogens with zero attached hydrogens (tertiary/aromatic N) is 1. The fraction of sp³-hybridized carbons (Fsp3) is 0.400. The van der Waals surface area contributed by atoms with Crippen LogP contribution in [0.15, 0.2) is 18.3 Å². The number of carbonyl (C=O) groups is 1. The fourth-order valence-corrected chi connectivity index (χ4v) is 1.10. The molecule has 1 atom stereocenters. The van der Waals surface area contributed by atoms with Crippen LogP contribution >= 0.6 is 0 Å². The minimum absolute atomic E-state index is 0.0797. The van der Waals surface area contributed by atoms with Crippen molar-refractivity contribution >= 4 is 5.97 Å². The first kappa shape index (κ1) is 11.5. The van der Waals surface area contributed by atoms with E-state index in [0.29, 0.717) is 11.4 Å². The molecule has 0 aliphatic heterocycles. The van der Waals surface area contributed by atoms with E-state index in [1.807, 2.05) is 0 Å². The quantitative estimate of drug-likeness (QED) is 0.742. The molecule has 0 aliphatic carbocycles. The number of hydrogen-bond acceptors (Lipinski definition) is 5. The molecule has 0 aromatic carbocycles. The van der Waals surface area contributed by atoms with Crippen molar-refractivity contribution in [1.82, 2.24) is 4.98 Å². The number of aliphatic hydroxyl groups excluding tert-OH is 1. The van der Waals surface area contributed by atoms with E-state index in [0.717, 1.165) is 0 Å². The Balaban J connectivity index is 2.72. The largest absolute Gasteiger partial charge is 0.481 e. The van der Waals surface area contributed by atoms with Gasteiger partial charge in [0, 0.05) is 12.3 Å². The molecule has 5 heteroatoms. The van der Waals surface area contributed by atoms with Gasteiger partial charge in [0.05, 0.1) is 26.7 Å². The van der Waals surface area contributed by atoms with Crippen LogP contribution in [0.4, 0.5) is 0 Å². The molecule has 0 spiro atoms. The van der Waals surface area contributed by atoms with Gasteiger partial charge in [-0.25, -0.2) is 4.98 Å². The predicted molar refractivity (Wildman–Crippen MR) is 52.4 cm³/mol.